The molecule has 0 aromatic rings. The number of hydrogen-bond donors (Lipinski definition) is 2. The molecule has 0 amide bonds. The molecule has 19 heavy (non-hydrogen) atoms. The van der Waals surface area contributed by atoms with Crippen molar-refractivity contribution < 1.29 is 4.74 Å². The molecular weight excluding hydrogens is 238 g/mol. The summed E-state index contributed by atoms with van der Waals surface area (Å²) in [5.74, 6) is 0.933. The molecule has 2 N–H and O–H groups in total. The number of nitrogens with zero attached hydrogens (tertiary/aromatic N) is 1. The Morgan fingerprint density at radius 2 is 1.95 bits per heavy atom. The number of aliphatic imine (C=N–C) groups is 1. The van der Waals surface area contributed by atoms with Crippen molar-refractivity contribution >= 4 is 5.96 Å². The molecule has 0 bridgehead atoms. The van der Waals surface area contributed by atoms with Gasteiger partial charge in [-0.25, -0.2) is 0 Å². The summed E-state index contributed by atoms with van der Waals surface area (Å²) in [4.78, 5) is 4.57. The summed E-state index contributed by atoms with van der Waals surface area (Å²) < 4.78 is 5.31. The molecule has 0 spiro atoms. The highest BCUT2D eigenvalue weighted by atomic mass is 16.5. The highest BCUT2D eigenvalue weighted by molar-refractivity contribution is 5.79. The van der Waals surface area contributed by atoms with Gasteiger partial charge in [-0.3, -0.25) is 4.99 Å². The summed E-state index contributed by atoms with van der Waals surface area (Å²) in [6.07, 6.45) is 6.06. The third-order valence-electron chi connectivity index (χ3n) is 2.89. The Morgan fingerprint density at radius 1 is 1.16 bits per heavy atom. The molecule has 4 heteroatoms. The van der Waals surface area contributed by atoms with Crippen LogP contribution in [-0.2, 0) is 4.74 Å². The first-order valence-electron chi connectivity index (χ1n) is 7.87. The van der Waals surface area contributed by atoms with Gasteiger partial charge in [0.1, 0.15) is 0 Å². The maximum atomic E-state index is 5.31. The largest absolute Gasteiger partial charge is 0.382 e. The standard InChI is InChI=1S/C15H33N3O/c1-5-8-9-11-14(4)18-15(16-6-2)17-12-10-13-19-7-3/h14H,5-13H2,1-4H3,(H2,16,17,18). The number of unbranched alkanes of at least 4 members (excludes halogenated alkanes) is 2. The maximum absolute atomic E-state index is 5.31. The van der Waals surface area contributed by atoms with Crippen molar-refractivity contribution in [3.05, 3.63) is 0 Å². The Hall–Kier alpha value is -0.770. The van der Waals surface area contributed by atoms with Gasteiger partial charge >= 0.3 is 0 Å². The Morgan fingerprint density at radius 3 is 2.58 bits per heavy atom. The lowest BCUT2D eigenvalue weighted by molar-refractivity contribution is 0.146. The van der Waals surface area contributed by atoms with Crippen molar-refractivity contribution in [2.45, 2.75) is 65.8 Å². The molecule has 0 aromatic heterocycles. The van der Waals surface area contributed by atoms with Crippen LogP contribution in [0.3, 0.4) is 0 Å². The second-order valence-corrected chi connectivity index (χ2v) is 4.85. The van der Waals surface area contributed by atoms with Gasteiger partial charge in [0.05, 0.1) is 0 Å². The average Bonchev–Trinajstić information content (AvgIpc) is 2.39. The molecule has 0 fully saturated rings. The predicted molar refractivity (Wildman–Crippen MR) is 83.8 cm³/mol. The summed E-state index contributed by atoms with van der Waals surface area (Å²) in [5.41, 5.74) is 0. The van der Waals surface area contributed by atoms with E-state index in [9.17, 15) is 0 Å². The topological polar surface area (TPSA) is 45.7 Å². The molecule has 0 heterocycles. The van der Waals surface area contributed by atoms with Gasteiger partial charge in [0.15, 0.2) is 5.96 Å². The lowest BCUT2D eigenvalue weighted by Gasteiger charge is -2.17. The van der Waals surface area contributed by atoms with Crippen molar-refractivity contribution in [1.29, 1.82) is 0 Å². The van der Waals surface area contributed by atoms with Crippen LogP contribution >= 0.6 is 0 Å². The van der Waals surface area contributed by atoms with E-state index in [1.54, 1.807) is 0 Å². The van der Waals surface area contributed by atoms with Crippen LogP contribution in [0.1, 0.15) is 59.8 Å². The second-order valence-electron chi connectivity index (χ2n) is 4.85. The lowest BCUT2D eigenvalue weighted by Crippen LogP contribution is -2.42. The highest BCUT2D eigenvalue weighted by Gasteiger charge is 2.04. The monoisotopic (exact) mass is 271 g/mol. The maximum Gasteiger partial charge on any atom is 0.191 e. The van der Waals surface area contributed by atoms with E-state index in [1.807, 2.05) is 6.92 Å². The average molecular weight is 271 g/mol. The molecule has 0 aliphatic rings. The predicted octanol–water partition coefficient (Wildman–Crippen LogP) is 2.94. The van der Waals surface area contributed by atoms with Gasteiger partial charge in [0.2, 0.25) is 0 Å². The van der Waals surface area contributed by atoms with E-state index < -0.39 is 0 Å². The molecule has 0 aromatic carbocycles. The van der Waals surface area contributed by atoms with E-state index in [2.05, 4.69) is 36.4 Å². The molecule has 0 saturated heterocycles. The van der Waals surface area contributed by atoms with Crippen molar-refractivity contribution in [3.63, 3.8) is 0 Å². The van der Waals surface area contributed by atoms with Crippen LogP contribution in [0.25, 0.3) is 0 Å². The Labute approximate surface area is 119 Å². The first-order valence-corrected chi connectivity index (χ1v) is 7.87. The quantitative estimate of drug-likeness (QED) is 0.345. The molecule has 0 aliphatic carbocycles. The fourth-order valence-electron chi connectivity index (χ4n) is 1.83. The SMILES string of the molecule is CCCCCC(C)NC(=NCCCOCC)NCC. The fourth-order valence-corrected chi connectivity index (χ4v) is 1.83. The van der Waals surface area contributed by atoms with Crippen molar-refractivity contribution in [2.75, 3.05) is 26.3 Å². The van der Waals surface area contributed by atoms with Gasteiger partial charge in [-0.2, -0.15) is 0 Å². The molecule has 0 radical (unpaired) electrons. The zero-order valence-electron chi connectivity index (χ0n) is 13.3. The van der Waals surface area contributed by atoms with Crippen molar-refractivity contribution in [1.82, 2.24) is 10.6 Å². The molecule has 1 unspecified atom stereocenters. The van der Waals surface area contributed by atoms with E-state index in [0.29, 0.717) is 6.04 Å². The van der Waals surface area contributed by atoms with Gasteiger partial charge in [-0.05, 0) is 33.6 Å². The van der Waals surface area contributed by atoms with Gasteiger partial charge in [-0.1, -0.05) is 26.2 Å². The lowest BCUT2D eigenvalue weighted by atomic mass is 10.1. The number of rotatable bonds is 11. The van der Waals surface area contributed by atoms with Crippen molar-refractivity contribution in [3.8, 4) is 0 Å². The number of ether oxygens (including phenoxy) is 1. The number of hydrogen-bond acceptors (Lipinski definition) is 2. The van der Waals surface area contributed by atoms with Gasteiger partial charge < -0.3 is 15.4 Å². The van der Waals surface area contributed by atoms with Crippen LogP contribution in [0.15, 0.2) is 4.99 Å². The molecule has 1 atom stereocenters. The van der Waals surface area contributed by atoms with Gasteiger partial charge in [0, 0.05) is 32.3 Å². The molecule has 0 rings (SSSR count). The number of guanidine groups is 1. The van der Waals surface area contributed by atoms with Crippen molar-refractivity contribution in [2.24, 2.45) is 4.99 Å². The summed E-state index contributed by atoms with van der Waals surface area (Å²) in [6.45, 7) is 11.9. The summed E-state index contributed by atoms with van der Waals surface area (Å²) in [7, 11) is 0. The fraction of sp³-hybridized carbons (Fsp3) is 0.933. The van der Waals surface area contributed by atoms with Crippen LogP contribution < -0.4 is 10.6 Å². The molecule has 114 valence electrons. The van der Waals surface area contributed by atoms with Crippen LogP contribution in [0.4, 0.5) is 0 Å². The molecular formula is C15H33N3O. The zero-order valence-corrected chi connectivity index (χ0v) is 13.3. The Balaban J connectivity index is 3.90. The summed E-state index contributed by atoms with van der Waals surface area (Å²) in [5, 5.41) is 6.76. The Bertz CT molecular complexity index is 219. The minimum atomic E-state index is 0.483. The van der Waals surface area contributed by atoms with Gasteiger partial charge in [0.25, 0.3) is 0 Å². The minimum absolute atomic E-state index is 0.483. The smallest absolute Gasteiger partial charge is 0.191 e. The van der Waals surface area contributed by atoms with Crippen LogP contribution in [-0.4, -0.2) is 38.3 Å². The van der Waals surface area contributed by atoms with E-state index in [0.717, 1.165) is 38.7 Å². The number of nitrogens with one attached hydrogen (secondary N) is 2. The van der Waals surface area contributed by atoms with E-state index in [-0.39, 0.29) is 0 Å². The normalized spacial score (nSPS) is 13.4. The van der Waals surface area contributed by atoms with E-state index in [4.69, 9.17) is 4.74 Å². The minimum Gasteiger partial charge on any atom is -0.382 e. The van der Waals surface area contributed by atoms with E-state index >= 15 is 0 Å². The van der Waals surface area contributed by atoms with Crippen LogP contribution in [0, 0.1) is 0 Å². The first-order chi connectivity index (χ1) is 9.24. The Kier molecular flexibility index (Phi) is 13.1. The molecule has 0 aliphatic heterocycles. The highest BCUT2D eigenvalue weighted by Crippen LogP contribution is 2.02. The molecule has 4 nitrogen and oxygen atoms in total. The van der Waals surface area contributed by atoms with Crippen LogP contribution in [0.2, 0.25) is 0 Å². The third-order valence-corrected chi connectivity index (χ3v) is 2.89. The zero-order chi connectivity index (χ0) is 14.3. The molecule has 0 saturated carbocycles. The summed E-state index contributed by atoms with van der Waals surface area (Å²) in [6, 6.07) is 0.483. The van der Waals surface area contributed by atoms with Crippen LogP contribution in [0.5, 0.6) is 0 Å². The summed E-state index contributed by atoms with van der Waals surface area (Å²) >= 11 is 0. The van der Waals surface area contributed by atoms with Gasteiger partial charge in [-0.15, -0.1) is 0 Å². The second kappa shape index (κ2) is 13.7. The first kappa shape index (κ1) is 18.2. The third kappa shape index (κ3) is 12.0. The van der Waals surface area contributed by atoms with E-state index in [1.165, 1.54) is 25.7 Å².